The Morgan fingerprint density at radius 1 is 1.47 bits per heavy atom. The number of nitrogens with zero attached hydrogens (tertiary/aromatic N) is 1. The summed E-state index contributed by atoms with van der Waals surface area (Å²) in [5.74, 6) is -0.165. The van der Waals surface area contributed by atoms with Gasteiger partial charge in [0.15, 0.2) is 0 Å². The standard InChI is InChI=1S/C14H15ClN2O2/c1-2-5-17(6-7-18)14(19)13-8-10-3-4-11(15)9-12(10)16-13/h2-4,8-9,16,18H,1,5-7H2. The maximum Gasteiger partial charge on any atom is 0.270 e. The van der Waals surface area contributed by atoms with Gasteiger partial charge in [-0.1, -0.05) is 23.7 Å². The second kappa shape index (κ2) is 5.91. The van der Waals surface area contributed by atoms with E-state index in [9.17, 15) is 4.79 Å². The molecule has 0 fully saturated rings. The molecule has 0 aliphatic rings. The lowest BCUT2D eigenvalue weighted by atomic mass is 10.2. The summed E-state index contributed by atoms with van der Waals surface area (Å²) in [4.78, 5) is 16.9. The van der Waals surface area contributed by atoms with Crippen LogP contribution in [0.2, 0.25) is 5.02 Å². The van der Waals surface area contributed by atoms with E-state index in [0.717, 1.165) is 10.9 Å². The second-order valence-corrected chi connectivity index (χ2v) is 4.61. The molecule has 0 saturated heterocycles. The highest BCUT2D eigenvalue weighted by Crippen LogP contribution is 2.20. The molecule has 0 aliphatic carbocycles. The number of halogens is 1. The van der Waals surface area contributed by atoms with Crippen molar-refractivity contribution >= 4 is 28.4 Å². The number of H-pyrrole nitrogens is 1. The molecule has 0 atom stereocenters. The molecule has 0 saturated carbocycles. The van der Waals surface area contributed by atoms with Crippen LogP contribution in [0, 0.1) is 0 Å². The summed E-state index contributed by atoms with van der Waals surface area (Å²) < 4.78 is 0. The van der Waals surface area contributed by atoms with Gasteiger partial charge in [-0.2, -0.15) is 0 Å². The Balaban J connectivity index is 2.31. The van der Waals surface area contributed by atoms with Crippen molar-refractivity contribution in [3.63, 3.8) is 0 Å². The minimum Gasteiger partial charge on any atom is -0.395 e. The van der Waals surface area contributed by atoms with Crippen molar-refractivity contribution in [3.05, 3.63) is 47.6 Å². The number of carbonyl (C=O) groups excluding carboxylic acids is 1. The van der Waals surface area contributed by atoms with Gasteiger partial charge in [-0.15, -0.1) is 6.58 Å². The molecular weight excluding hydrogens is 264 g/mol. The number of rotatable bonds is 5. The summed E-state index contributed by atoms with van der Waals surface area (Å²) in [7, 11) is 0. The van der Waals surface area contributed by atoms with E-state index >= 15 is 0 Å². The van der Waals surface area contributed by atoms with Crippen molar-refractivity contribution in [2.24, 2.45) is 0 Å². The summed E-state index contributed by atoms with van der Waals surface area (Å²) in [6.07, 6.45) is 1.63. The van der Waals surface area contributed by atoms with Gasteiger partial charge in [-0.05, 0) is 18.2 Å². The minimum atomic E-state index is -0.165. The molecule has 1 amide bonds. The number of carbonyl (C=O) groups is 1. The minimum absolute atomic E-state index is 0.0777. The molecule has 2 N–H and O–H groups in total. The van der Waals surface area contributed by atoms with E-state index in [1.165, 1.54) is 4.90 Å². The van der Waals surface area contributed by atoms with Crippen LogP contribution in [0.1, 0.15) is 10.5 Å². The first-order valence-electron chi connectivity index (χ1n) is 5.95. The number of hydrogen-bond acceptors (Lipinski definition) is 2. The quantitative estimate of drug-likeness (QED) is 0.826. The summed E-state index contributed by atoms with van der Waals surface area (Å²) in [5.41, 5.74) is 1.30. The molecular formula is C14H15ClN2O2. The van der Waals surface area contributed by atoms with E-state index in [2.05, 4.69) is 11.6 Å². The highest BCUT2D eigenvalue weighted by molar-refractivity contribution is 6.31. The normalized spacial score (nSPS) is 10.6. The Morgan fingerprint density at radius 3 is 2.95 bits per heavy atom. The van der Waals surface area contributed by atoms with Gasteiger partial charge in [0, 0.05) is 29.0 Å². The number of aromatic nitrogens is 1. The number of benzene rings is 1. The predicted molar refractivity (Wildman–Crippen MR) is 76.5 cm³/mol. The van der Waals surface area contributed by atoms with Gasteiger partial charge in [0.05, 0.1) is 6.61 Å². The monoisotopic (exact) mass is 278 g/mol. The number of fused-ring (bicyclic) bond motifs is 1. The van der Waals surface area contributed by atoms with Crippen LogP contribution >= 0.6 is 11.6 Å². The van der Waals surface area contributed by atoms with Gasteiger partial charge in [-0.3, -0.25) is 4.79 Å². The molecule has 0 aliphatic heterocycles. The van der Waals surface area contributed by atoms with E-state index in [0.29, 0.717) is 17.3 Å². The molecule has 1 heterocycles. The molecule has 2 aromatic rings. The molecule has 0 bridgehead atoms. The Bertz CT molecular complexity index is 607. The summed E-state index contributed by atoms with van der Waals surface area (Å²) in [5, 5.41) is 10.5. The van der Waals surface area contributed by atoms with Crippen molar-refractivity contribution in [3.8, 4) is 0 Å². The fourth-order valence-corrected chi connectivity index (χ4v) is 2.11. The number of aliphatic hydroxyl groups excluding tert-OH is 1. The van der Waals surface area contributed by atoms with Crippen molar-refractivity contribution < 1.29 is 9.90 Å². The molecule has 1 aromatic carbocycles. The van der Waals surface area contributed by atoms with Crippen molar-refractivity contribution in [2.75, 3.05) is 19.7 Å². The van der Waals surface area contributed by atoms with Gasteiger partial charge in [-0.25, -0.2) is 0 Å². The SMILES string of the molecule is C=CCN(CCO)C(=O)c1cc2ccc(Cl)cc2[nH]1. The zero-order chi connectivity index (χ0) is 13.8. The van der Waals surface area contributed by atoms with Crippen LogP contribution < -0.4 is 0 Å². The topological polar surface area (TPSA) is 56.3 Å². The zero-order valence-electron chi connectivity index (χ0n) is 10.4. The maximum atomic E-state index is 12.3. The van der Waals surface area contributed by atoms with Crippen LogP contribution in [-0.2, 0) is 0 Å². The van der Waals surface area contributed by atoms with Crippen molar-refractivity contribution in [2.45, 2.75) is 0 Å². The van der Waals surface area contributed by atoms with E-state index in [4.69, 9.17) is 16.7 Å². The Hall–Kier alpha value is -1.78. The maximum absolute atomic E-state index is 12.3. The molecule has 0 radical (unpaired) electrons. The zero-order valence-corrected chi connectivity index (χ0v) is 11.2. The van der Waals surface area contributed by atoms with E-state index in [1.807, 2.05) is 6.07 Å². The molecule has 5 heteroatoms. The number of nitrogens with one attached hydrogen (secondary N) is 1. The van der Waals surface area contributed by atoms with Gasteiger partial charge in [0.1, 0.15) is 5.69 Å². The highest BCUT2D eigenvalue weighted by atomic mass is 35.5. The van der Waals surface area contributed by atoms with Crippen LogP contribution in [0.25, 0.3) is 10.9 Å². The van der Waals surface area contributed by atoms with Crippen LogP contribution in [0.4, 0.5) is 0 Å². The van der Waals surface area contributed by atoms with Crippen molar-refractivity contribution in [1.82, 2.24) is 9.88 Å². The first-order chi connectivity index (χ1) is 9.15. The van der Waals surface area contributed by atoms with Gasteiger partial charge in [0.25, 0.3) is 5.91 Å². The first-order valence-corrected chi connectivity index (χ1v) is 6.33. The average molecular weight is 279 g/mol. The number of hydrogen-bond donors (Lipinski definition) is 2. The van der Waals surface area contributed by atoms with E-state index < -0.39 is 0 Å². The first kappa shape index (κ1) is 13.6. The predicted octanol–water partition coefficient (Wildman–Crippen LogP) is 2.44. The van der Waals surface area contributed by atoms with Gasteiger partial charge >= 0.3 is 0 Å². The van der Waals surface area contributed by atoms with Gasteiger partial charge < -0.3 is 15.0 Å². The fraction of sp³-hybridized carbons (Fsp3) is 0.214. The second-order valence-electron chi connectivity index (χ2n) is 4.18. The molecule has 19 heavy (non-hydrogen) atoms. The lowest BCUT2D eigenvalue weighted by Gasteiger charge is -2.18. The summed E-state index contributed by atoms with van der Waals surface area (Å²) in [6.45, 7) is 4.21. The molecule has 2 rings (SSSR count). The number of amides is 1. The van der Waals surface area contributed by atoms with Crippen LogP contribution in [-0.4, -0.2) is 40.6 Å². The lowest BCUT2D eigenvalue weighted by molar-refractivity contribution is 0.0738. The molecule has 0 unspecified atom stereocenters. The fourth-order valence-electron chi connectivity index (χ4n) is 1.94. The van der Waals surface area contributed by atoms with E-state index in [-0.39, 0.29) is 19.1 Å². The highest BCUT2D eigenvalue weighted by Gasteiger charge is 2.16. The Morgan fingerprint density at radius 2 is 2.26 bits per heavy atom. The Labute approximate surface area is 116 Å². The number of aromatic amines is 1. The van der Waals surface area contributed by atoms with E-state index in [1.54, 1.807) is 24.3 Å². The molecule has 1 aromatic heterocycles. The Kier molecular flexibility index (Phi) is 4.24. The summed E-state index contributed by atoms with van der Waals surface area (Å²) in [6, 6.07) is 7.19. The van der Waals surface area contributed by atoms with Crippen molar-refractivity contribution in [1.29, 1.82) is 0 Å². The third kappa shape index (κ3) is 2.97. The van der Waals surface area contributed by atoms with Crippen LogP contribution in [0.3, 0.4) is 0 Å². The number of aliphatic hydroxyl groups is 1. The molecule has 100 valence electrons. The molecule has 4 nitrogen and oxygen atoms in total. The van der Waals surface area contributed by atoms with Crippen LogP contribution in [0.5, 0.6) is 0 Å². The molecule has 0 spiro atoms. The average Bonchev–Trinajstić information content (AvgIpc) is 2.80. The summed E-state index contributed by atoms with van der Waals surface area (Å²) >= 11 is 5.91. The smallest absolute Gasteiger partial charge is 0.270 e. The third-order valence-electron chi connectivity index (χ3n) is 2.82. The lowest BCUT2D eigenvalue weighted by Crippen LogP contribution is -2.33. The largest absolute Gasteiger partial charge is 0.395 e. The van der Waals surface area contributed by atoms with Gasteiger partial charge in [0.2, 0.25) is 0 Å². The third-order valence-corrected chi connectivity index (χ3v) is 3.06. The van der Waals surface area contributed by atoms with Crippen LogP contribution in [0.15, 0.2) is 36.9 Å².